The quantitative estimate of drug-likeness (QED) is 0.0364. The van der Waals surface area contributed by atoms with Gasteiger partial charge in [-0.1, -0.05) is 361 Å². The monoisotopic (exact) mass is 1390 g/mol. The summed E-state index contributed by atoms with van der Waals surface area (Å²) in [6, 6.07) is 23.5. The van der Waals surface area contributed by atoms with Crippen LogP contribution in [0.4, 0.5) is 0 Å². The molecule has 5 nitrogen and oxygen atoms in total. The number of carbonyl (C=O) groups is 2. The van der Waals surface area contributed by atoms with E-state index in [0.29, 0.717) is 42.0 Å². The average molecular weight is 1390 g/mol. The molecule has 2 amide bonds. The summed E-state index contributed by atoms with van der Waals surface area (Å²) in [5, 5.41) is 2.70. The van der Waals surface area contributed by atoms with Crippen LogP contribution in [0.15, 0.2) is 71.8 Å². The van der Waals surface area contributed by atoms with Gasteiger partial charge in [0, 0.05) is 51.2 Å². The second-order valence-electron chi connectivity index (χ2n) is 31.7. The standard InChI is InChI=1S/C92H147N3O2S2/c1-9-15-21-27-32-36-38-42-47-53-58-77(57-51-45-40-34-29-23-17-11-3)72-94-89(85-66-62-75(8)98-85)87-88(92(94)97)90(95(91(87)96)73-78(59-52-46-41-35-30-24-18-12-4)60-54-48-43-39-37-33-28-22-16-10-2)86-68-67-84(99-86)79-63-65-81-80-64-61-74(7)69-82(80)93(83(81)70-79)71-76(55-49-26-20-14-6)56-50-44-31-25-19-13-5/h61-70,76-78H,9-60,71-73H2,1-8H3. The second-order valence-corrected chi connectivity index (χ2v) is 34.1. The number of aromatic nitrogens is 1. The molecular formula is C92H147N3O2S2. The number of hydrogen-bond donors (Lipinski definition) is 0. The topological polar surface area (TPSA) is 45.6 Å². The highest BCUT2D eigenvalue weighted by Gasteiger charge is 2.50. The maximum absolute atomic E-state index is 16.4. The van der Waals surface area contributed by atoms with E-state index < -0.39 is 0 Å². The molecule has 0 radical (unpaired) electrons. The Labute approximate surface area is 616 Å². The Bertz CT molecular complexity index is 3080. The summed E-state index contributed by atoms with van der Waals surface area (Å²) in [5.74, 6) is 1.54. The Balaban J connectivity index is 1.26. The predicted molar refractivity (Wildman–Crippen MR) is 438 cm³/mol. The van der Waals surface area contributed by atoms with E-state index in [0.717, 1.165) is 53.4 Å². The fraction of sp³-hybridized carbons (Fsp3) is 0.717. The van der Waals surface area contributed by atoms with Crippen LogP contribution in [-0.4, -0.2) is 39.3 Å². The van der Waals surface area contributed by atoms with E-state index >= 15 is 9.59 Å². The van der Waals surface area contributed by atoms with Crippen LogP contribution in [0.1, 0.15) is 396 Å². The van der Waals surface area contributed by atoms with Gasteiger partial charge in [-0.05, 0) is 118 Å². The molecule has 3 unspecified atom stereocenters. The number of aryl methyl sites for hydroxylation is 2. The van der Waals surface area contributed by atoms with Crippen molar-refractivity contribution in [3.05, 3.63) is 92.0 Å². The third kappa shape index (κ3) is 27.6. The number of nitrogens with zero attached hydrogens (tertiary/aromatic N) is 3. The Hall–Kier alpha value is -3.94. The Morgan fingerprint density at radius 1 is 0.303 bits per heavy atom. The first kappa shape index (κ1) is 82.3. The number of thiophene rings is 2. The highest BCUT2D eigenvalue weighted by atomic mass is 32.1. The molecule has 3 aromatic heterocycles. The van der Waals surface area contributed by atoms with Gasteiger partial charge in [-0.25, -0.2) is 0 Å². The van der Waals surface area contributed by atoms with Gasteiger partial charge in [-0.2, -0.15) is 0 Å². The van der Waals surface area contributed by atoms with Gasteiger partial charge < -0.3 is 14.4 Å². The van der Waals surface area contributed by atoms with Crippen LogP contribution in [0.5, 0.6) is 0 Å². The first-order valence-corrected chi connectivity index (χ1v) is 44.6. The van der Waals surface area contributed by atoms with E-state index in [1.165, 1.54) is 351 Å². The SMILES string of the molecule is CCCCCCCCCCCCC(CCCCCCCCCC)CN1C(=O)C2=C(c3ccc(-c4ccc5c6ccc(C)cc6n(CC(CCCCCC)CCCCCCCC)c5c4)s3)N(CC(CCCCCCCCCC)CCCCCCCCCCCC)C(=O)C2=C1c1ccc(C)s1. The molecule has 5 aromatic rings. The maximum Gasteiger partial charge on any atom is 0.261 e. The molecule has 2 aliphatic rings. The third-order valence-electron chi connectivity index (χ3n) is 22.9. The van der Waals surface area contributed by atoms with Gasteiger partial charge in [0.1, 0.15) is 0 Å². The summed E-state index contributed by atoms with van der Waals surface area (Å²) >= 11 is 3.59. The largest absolute Gasteiger partial charge is 0.340 e. The lowest BCUT2D eigenvalue weighted by atomic mass is 9.93. The highest BCUT2D eigenvalue weighted by molar-refractivity contribution is 7.16. The van der Waals surface area contributed by atoms with Crippen LogP contribution in [0.25, 0.3) is 43.6 Å². The van der Waals surface area contributed by atoms with Crippen molar-refractivity contribution < 1.29 is 9.59 Å². The molecule has 99 heavy (non-hydrogen) atoms. The first-order valence-electron chi connectivity index (χ1n) is 43.0. The van der Waals surface area contributed by atoms with Gasteiger partial charge in [0.25, 0.3) is 11.8 Å². The molecule has 0 bridgehead atoms. The smallest absolute Gasteiger partial charge is 0.261 e. The van der Waals surface area contributed by atoms with Gasteiger partial charge >= 0.3 is 0 Å². The van der Waals surface area contributed by atoms with Crippen LogP contribution in [-0.2, 0) is 16.1 Å². The van der Waals surface area contributed by atoms with E-state index in [2.05, 4.69) is 130 Å². The Morgan fingerprint density at radius 3 is 0.949 bits per heavy atom. The molecule has 3 atom stereocenters. The molecule has 2 aromatic carbocycles. The number of fused-ring (bicyclic) bond motifs is 4. The molecule has 0 spiro atoms. The number of amides is 2. The van der Waals surface area contributed by atoms with Gasteiger partial charge in [-0.3, -0.25) is 9.59 Å². The number of unbranched alkanes of at least 4 members (excludes halogenated alkanes) is 40. The maximum atomic E-state index is 16.4. The Kier molecular flexibility index (Phi) is 40.7. The molecule has 0 saturated carbocycles. The Morgan fingerprint density at radius 2 is 0.596 bits per heavy atom. The second kappa shape index (κ2) is 48.9. The molecular weight excluding hydrogens is 1240 g/mol. The van der Waals surface area contributed by atoms with Gasteiger partial charge in [0.2, 0.25) is 0 Å². The fourth-order valence-electron chi connectivity index (χ4n) is 16.8. The lowest BCUT2D eigenvalue weighted by molar-refractivity contribution is -0.124. The molecule has 7 rings (SSSR count). The zero-order valence-electron chi connectivity index (χ0n) is 65.4. The van der Waals surface area contributed by atoms with Crippen molar-refractivity contribution in [1.29, 1.82) is 0 Å². The zero-order chi connectivity index (χ0) is 70.1. The number of benzene rings is 2. The van der Waals surface area contributed by atoms with Crippen molar-refractivity contribution in [3.63, 3.8) is 0 Å². The minimum Gasteiger partial charge on any atom is -0.340 e. The lowest BCUT2D eigenvalue weighted by Gasteiger charge is -2.29. The van der Waals surface area contributed by atoms with E-state index in [1.807, 2.05) is 11.3 Å². The third-order valence-corrected chi connectivity index (χ3v) is 25.1. The summed E-state index contributed by atoms with van der Waals surface area (Å²) in [4.78, 5) is 41.7. The molecule has 2 aliphatic heterocycles. The number of carbonyl (C=O) groups excluding carboxylic acids is 2. The highest BCUT2D eigenvalue weighted by Crippen LogP contribution is 2.51. The lowest BCUT2D eigenvalue weighted by Crippen LogP contribution is -2.34. The van der Waals surface area contributed by atoms with Crippen LogP contribution in [0, 0.1) is 31.6 Å². The molecule has 0 saturated heterocycles. The van der Waals surface area contributed by atoms with Gasteiger partial charge in [0.05, 0.1) is 32.3 Å². The summed E-state index contributed by atoms with van der Waals surface area (Å²) in [5.41, 5.74) is 8.42. The molecule has 554 valence electrons. The van der Waals surface area contributed by atoms with Crippen molar-refractivity contribution in [1.82, 2.24) is 14.4 Å². The van der Waals surface area contributed by atoms with Crippen LogP contribution in [0.2, 0.25) is 0 Å². The minimum atomic E-state index is 0.0663. The summed E-state index contributed by atoms with van der Waals surface area (Å²) < 4.78 is 2.72. The van der Waals surface area contributed by atoms with E-state index in [9.17, 15) is 0 Å². The van der Waals surface area contributed by atoms with Crippen LogP contribution < -0.4 is 0 Å². The first-order chi connectivity index (χ1) is 48.6. The van der Waals surface area contributed by atoms with Gasteiger partial charge in [0.15, 0.2) is 0 Å². The molecule has 7 heteroatoms. The minimum absolute atomic E-state index is 0.0663. The van der Waals surface area contributed by atoms with Crippen LogP contribution >= 0.6 is 22.7 Å². The number of rotatable bonds is 61. The number of hydrogen-bond acceptors (Lipinski definition) is 4. The van der Waals surface area contributed by atoms with Crippen molar-refractivity contribution in [2.45, 2.75) is 396 Å². The van der Waals surface area contributed by atoms with E-state index in [-0.39, 0.29) is 11.8 Å². The fourth-order valence-corrected chi connectivity index (χ4v) is 18.8. The van der Waals surface area contributed by atoms with Gasteiger partial charge in [-0.15, -0.1) is 22.7 Å². The van der Waals surface area contributed by atoms with E-state index in [1.54, 1.807) is 11.3 Å². The van der Waals surface area contributed by atoms with Crippen molar-refractivity contribution in [2.75, 3.05) is 13.1 Å². The zero-order valence-corrected chi connectivity index (χ0v) is 67.0. The van der Waals surface area contributed by atoms with Crippen molar-refractivity contribution in [3.8, 4) is 10.4 Å². The summed E-state index contributed by atoms with van der Waals surface area (Å²) in [6.07, 6.45) is 67.9. The summed E-state index contributed by atoms with van der Waals surface area (Å²) in [6.45, 7) is 20.8. The molecule has 5 heterocycles. The van der Waals surface area contributed by atoms with Crippen LogP contribution in [0.3, 0.4) is 0 Å². The van der Waals surface area contributed by atoms with Crippen molar-refractivity contribution >= 4 is 67.7 Å². The average Bonchev–Trinajstić information content (AvgIpc) is 1.56. The molecule has 0 aliphatic carbocycles. The van der Waals surface area contributed by atoms with E-state index in [4.69, 9.17) is 0 Å². The normalized spacial score (nSPS) is 14.5. The molecule has 0 N–H and O–H groups in total. The summed E-state index contributed by atoms with van der Waals surface area (Å²) in [7, 11) is 0. The molecule has 0 fully saturated rings. The van der Waals surface area contributed by atoms with Crippen molar-refractivity contribution in [2.24, 2.45) is 17.8 Å². The predicted octanol–water partition coefficient (Wildman–Crippen LogP) is 30.3.